The van der Waals surface area contributed by atoms with E-state index >= 15 is 0 Å². The van der Waals surface area contributed by atoms with E-state index in [1.54, 1.807) is 4.68 Å². The van der Waals surface area contributed by atoms with Gasteiger partial charge in [0.1, 0.15) is 6.10 Å². The van der Waals surface area contributed by atoms with Crippen molar-refractivity contribution in [2.45, 2.75) is 18.9 Å². The molecule has 1 aromatic heterocycles. The Balaban J connectivity index is 2.89. The van der Waals surface area contributed by atoms with Crippen molar-refractivity contribution in [2.75, 3.05) is 34.9 Å². The van der Waals surface area contributed by atoms with Gasteiger partial charge in [-0.3, -0.25) is 4.68 Å². The molecule has 0 amide bonds. The number of ether oxygens (including phenoxy) is 2. The quantitative estimate of drug-likeness (QED) is 0.746. The number of hydrogen-bond donors (Lipinski definition) is 1. The average Bonchev–Trinajstić information content (AvgIpc) is 2.69. The summed E-state index contributed by atoms with van der Waals surface area (Å²) in [4.78, 5) is 2.02. The van der Waals surface area contributed by atoms with Crippen LogP contribution in [0.25, 0.3) is 0 Å². The highest BCUT2D eigenvalue weighted by atomic mass is 35.5. The maximum absolute atomic E-state index is 10.2. The molecule has 0 bridgehead atoms. The van der Waals surface area contributed by atoms with Crippen molar-refractivity contribution >= 4 is 11.6 Å². The minimum absolute atomic E-state index is 0.403. The lowest BCUT2D eigenvalue weighted by Gasteiger charge is -2.21. The average molecular weight is 278 g/mol. The summed E-state index contributed by atoms with van der Waals surface area (Å²) in [5.74, 6) is 0. The maximum atomic E-state index is 10.2. The number of aliphatic hydroxyl groups is 1. The zero-order chi connectivity index (χ0) is 13.7. The molecule has 0 saturated heterocycles. The Bertz CT molecular complexity index is 366. The minimum Gasteiger partial charge on any atom is -0.381 e. The second kappa shape index (κ2) is 7.06. The minimum atomic E-state index is -0.975. The number of aromatic nitrogens is 2. The van der Waals surface area contributed by atoms with E-state index in [0.717, 1.165) is 6.54 Å². The van der Waals surface area contributed by atoms with E-state index in [-0.39, 0.29) is 0 Å². The summed E-state index contributed by atoms with van der Waals surface area (Å²) in [5, 5.41) is 14.7. The van der Waals surface area contributed by atoms with Gasteiger partial charge >= 0.3 is 0 Å². The Kier molecular flexibility index (Phi) is 6.04. The van der Waals surface area contributed by atoms with Crippen molar-refractivity contribution in [3.05, 3.63) is 16.9 Å². The highest BCUT2D eigenvalue weighted by molar-refractivity contribution is 6.31. The summed E-state index contributed by atoms with van der Waals surface area (Å²) in [6.45, 7) is 1.43. The van der Waals surface area contributed by atoms with Gasteiger partial charge in [0.25, 0.3) is 0 Å². The molecule has 104 valence electrons. The van der Waals surface area contributed by atoms with E-state index in [9.17, 15) is 5.11 Å². The number of aliphatic hydroxyl groups excluding tert-OH is 1. The first-order valence-electron chi connectivity index (χ1n) is 5.60. The van der Waals surface area contributed by atoms with Gasteiger partial charge in [-0.1, -0.05) is 11.6 Å². The smallest absolute Gasteiger partial charge is 0.188 e. The molecule has 1 atom stereocenters. The standard InChI is InChI=1S/C11H20ClN3O3/c1-14(2)5-6-15-9(8(12)7-13-15)10(16)11(17-3)18-4/h7,10-11,16H,5-6H2,1-4H3. The van der Waals surface area contributed by atoms with Gasteiger partial charge in [0.05, 0.1) is 23.5 Å². The van der Waals surface area contributed by atoms with E-state index < -0.39 is 12.4 Å². The second-order valence-electron chi connectivity index (χ2n) is 4.19. The Hall–Kier alpha value is -0.660. The predicted octanol–water partition coefficient (Wildman–Crippen LogP) is 0.750. The summed E-state index contributed by atoms with van der Waals surface area (Å²) in [6.07, 6.45) is -0.229. The highest BCUT2D eigenvalue weighted by Crippen LogP contribution is 2.26. The molecule has 0 saturated carbocycles. The number of methoxy groups -OCH3 is 2. The van der Waals surface area contributed by atoms with Crippen molar-refractivity contribution in [1.29, 1.82) is 0 Å². The summed E-state index contributed by atoms with van der Waals surface area (Å²) >= 11 is 6.05. The van der Waals surface area contributed by atoms with E-state index in [4.69, 9.17) is 21.1 Å². The lowest BCUT2D eigenvalue weighted by atomic mass is 10.2. The van der Waals surface area contributed by atoms with Gasteiger partial charge < -0.3 is 19.5 Å². The van der Waals surface area contributed by atoms with Gasteiger partial charge in [0, 0.05) is 20.8 Å². The van der Waals surface area contributed by atoms with Gasteiger partial charge in [-0.25, -0.2) is 0 Å². The summed E-state index contributed by atoms with van der Waals surface area (Å²) in [5.41, 5.74) is 0.507. The molecule has 1 unspecified atom stereocenters. The molecule has 6 nitrogen and oxygen atoms in total. The molecule has 1 N–H and O–H groups in total. The lowest BCUT2D eigenvalue weighted by molar-refractivity contribution is -0.168. The SMILES string of the molecule is COC(OC)C(O)c1c(Cl)cnn1CCN(C)C. The fourth-order valence-electron chi connectivity index (χ4n) is 1.62. The van der Waals surface area contributed by atoms with Crippen LogP contribution in [-0.2, 0) is 16.0 Å². The van der Waals surface area contributed by atoms with E-state index in [2.05, 4.69) is 5.10 Å². The molecule has 0 aliphatic rings. The first-order valence-corrected chi connectivity index (χ1v) is 5.98. The number of likely N-dealkylation sites (N-methyl/N-ethyl adjacent to an activating group) is 1. The Labute approximate surface area is 112 Å². The topological polar surface area (TPSA) is 59.8 Å². The predicted molar refractivity (Wildman–Crippen MR) is 68.6 cm³/mol. The molecule has 0 aliphatic carbocycles. The number of hydrogen-bond acceptors (Lipinski definition) is 5. The third-order valence-electron chi connectivity index (χ3n) is 2.59. The summed E-state index contributed by atoms with van der Waals surface area (Å²) in [7, 11) is 6.86. The van der Waals surface area contributed by atoms with E-state index in [1.165, 1.54) is 20.4 Å². The first kappa shape index (κ1) is 15.4. The third kappa shape index (κ3) is 3.66. The molecule has 0 radical (unpaired) electrons. The molecule has 1 rings (SSSR count). The third-order valence-corrected chi connectivity index (χ3v) is 2.89. The number of rotatable bonds is 7. The zero-order valence-electron chi connectivity index (χ0n) is 11.1. The fourth-order valence-corrected chi connectivity index (χ4v) is 1.87. The highest BCUT2D eigenvalue weighted by Gasteiger charge is 2.26. The Morgan fingerprint density at radius 3 is 2.56 bits per heavy atom. The molecule has 1 heterocycles. The monoisotopic (exact) mass is 277 g/mol. The van der Waals surface area contributed by atoms with Crippen LogP contribution in [0.4, 0.5) is 0 Å². The van der Waals surface area contributed by atoms with Gasteiger partial charge in [-0.15, -0.1) is 0 Å². The molecule has 0 spiro atoms. The first-order chi connectivity index (χ1) is 8.51. The molecule has 18 heavy (non-hydrogen) atoms. The van der Waals surface area contributed by atoms with Crippen LogP contribution >= 0.6 is 11.6 Å². The van der Waals surface area contributed by atoms with Crippen molar-refractivity contribution in [3.8, 4) is 0 Å². The van der Waals surface area contributed by atoms with Crippen molar-refractivity contribution < 1.29 is 14.6 Å². The van der Waals surface area contributed by atoms with E-state index in [0.29, 0.717) is 17.3 Å². The molecule has 7 heteroatoms. The van der Waals surface area contributed by atoms with Crippen LogP contribution in [0.1, 0.15) is 11.8 Å². The van der Waals surface area contributed by atoms with Gasteiger partial charge in [-0.05, 0) is 14.1 Å². The molecular formula is C11H20ClN3O3. The number of nitrogens with zero attached hydrogens (tertiary/aromatic N) is 3. The molecule has 0 fully saturated rings. The zero-order valence-corrected chi connectivity index (χ0v) is 11.9. The van der Waals surface area contributed by atoms with Crippen LogP contribution in [0, 0.1) is 0 Å². The second-order valence-corrected chi connectivity index (χ2v) is 4.60. The molecule has 0 aromatic carbocycles. The maximum Gasteiger partial charge on any atom is 0.188 e. The van der Waals surface area contributed by atoms with Crippen LogP contribution in [0.15, 0.2) is 6.20 Å². The van der Waals surface area contributed by atoms with Crippen LogP contribution in [-0.4, -0.2) is 60.9 Å². The largest absolute Gasteiger partial charge is 0.381 e. The van der Waals surface area contributed by atoms with Crippen molar-refractivity contribution in [2.24, 2.45) is 0 Å². The van der Waals surface area contributed by atoms with Crippen LogP contribution in [0.2, 0.25) is 5.02 Å². The van der Waals surface area contributed by atoms with Gasteiger partial charge in [0.15, 0.2) is 6.29 Å². The van der Waals surface area contributed by atoms with Crippen molar-refractivity contribution in [1.82, 2.24) is 14.7 Å². The van der Waals surface area contributed by atoms with Crippen molar-refractivity contribution in [3.63, 3.8) is 0 Å². The van der Waals surface area contributed by atoms with Crippen LogP contribution in [0.3, 0.4) is 0 Å². The molecule has 0 aliphatic heterocycles. The van der Waals surface area contributed by atoms with E-state index in [1.807, 2.05) is 19.0 Å². The normalized spacial score (nSPS) is 13.6. The fraction of sp³-hybridized carbons (Fsp3) is 0.727. The van der Waals surface area contributed by atoms with Gasteiger partial charge in [-0.2, -0.15) is 5.10 Å². The summed E-state index contributed by atoms with van der Waals surface area (Å²) in [6, 6.07) is 0. The summed E-state index contributed by atoms with van der Waals surface area (Å²) < 4.78 is 11.7. The Morgan fingerprint density at radius 2 is 2.06 bits per heavy atom. The van der Waals surface area contributed by atoms with Crippen LogP contribution in [0.5, 0.6) is 0 Å². The molecular weight excluding hydrogens is 258 g/mol. The number of halogens is 1. The van der Waals surface area contributed by atoms with Crippen LogP contribution < -0.4 is 0 Å². The molecule has 1 aromatic rings. The Morgan fingerprint density at radius 1 is 1.44 bits per heavy atom. The lowest BCUT2D eigenvalue weighted by Crippen LogP contribution is -2.27. The van der Waals surface area contributed by atoms with Gasteiger partial charge in [0.2, 0.25) is 0 Å².